The van der Waals surface area contributed by atoms with E-state index in [2.05, 4.69) is 77.5 Å². The summed E-state index contributed by atoms with van der Waals surface area (Å²) in [5, 5.41) is 3.86. The van der Waals surface area contributed by atoms with E-state index in [-0.39, 0.29) is 11.9 Å². The molecule has 2 aliphatic heterocycles. The molecule has 1 aliphatic carbocycles. The van der Waals surface area contributed by atoms with Crippen LogP contribution in [0.15, 0.2) is 54.6 Å². The molecule has 2 aromatic rings. The Morgan fingerprint density at radius 2 is 1.73 bits per heavy atom. The normalized spacial score (nSPS) is 23.9. The molecule has 1 saturated heterocycles. The van der Waals surface area contributed by atoms with Crippen LogP contribution < -0.4 is 10.2 Å². The van der Waals surface area contributed by atoms with Crippen LogP contribution in [-0.2, 0) is 0 Å². The minimum Gasteiger partial charge on any atom is -0.377 e. The summed E-state index contributed by atoms with van der Waals surface area (Å²) >= 11 is 0. The zero-order valence-electron chi connectivity index (χ0n) is 20.1. The lowest BCUT2D eigenvalue weighted by Gasteiger charge is -2.39. The Bertz CT molecular complexity index is 1000. The zero-order valence-corrected chi connectivity index (χ0v) is 20.1. The Labute approximate surface area is 198 Å². The zero-order chi connectivity index (χ0) is 22.8. The van der Waals surface area contributed by atoms with E-state index in [1.54, 1.807) is 0 Å². The third-order valence-corrected chi connectivity index (χ3v) is 7.90. The Hall–Kier alpha value is -2.75. The van der Waals surface area contributed by atoms with Crippen molar-refractivity contribution in [3.05, 3.63) is 71.3 Å². The molecule has 1 fully saturated rings. The van der Waals surface area contributed by atoms with Crippen LogP contribution in [0.25, 0.3) is 0 Å². The maximum atomic E-state index is 13.6. The summed E-state index contributed by atoms with van der Waals surface area (Å²) in [6.45, 7) is 8.20. The van der Waals surface area contributed by atoms with Crippen LogP contribution >= 0.6 is 0 Å². The van der Waals surface area contributed by atoms with Gasteiger partial charge in [0.1, 0.15) is 0 Å². The second-order valence-electron chi connectivity index (χ2n) is 9.72. The third-order valence-electron chi connectivity index (χ3n) is 7.90. The number of nitrogens with zero attached hydrogens (tertiary/aromatic N) is 2. The third kappa shape index (κ3) is 4.16. The molecular weight excluding hydrogens is 406 g/mol. The van der Waals surface area contributed by atoms with Crippen LogP contribution in [0.5, 0.6) is 0 Å². The highest BCUT2D eigenvalue weighted by Gasteiger charge is 2.39. The lowest BCUT2D eigenvalue weighted by atomic mass is 9.76. The molecule has 0 spiro atoms. The number of allylic oxidation sites excluding steroid dienone is 2. The first-order valence-corrected chi connectivity index (χ1v) is 12.9. The van der Waals surface area contributed by atoms with Crippen LogP contribution in [-0.4, -0.2) is 37.0 Å². The van der Waals surface area contributed by atoms with Gasteiger partial charge in [-0.25, -0.2) is 0 Å². The van der Waals surface area contributed by atoms with Gasteiger partial charge in [0.2, 0.25) is 0 Å². The molecule has 4 nitrogen and oxygen atoms in total. The van der Waals surface area contributed by atoms with Gasteiger partial charge in [-0.05, 0) is 68.4 Å². The first-order valence-electron chi connectivity index (χ1n) is 12.9. The highest BCUT2D eigenvalue weighted by molar-refractivity contribution is 6.01. The van der Waals surface area contributed by atoms with E-state index < -0.39 is 0 Å². The molecule has 3 atom stereocenters. The molecule has 0 radical (unpaired) electrons. The summed E-state index contributed by atoms with van der Waals surface area (Å²) in [5.74, 6) is 1.04. The van der Waals surface area contributed by atoms with Crippen molar-refractivity contribution in [3.63, 3.8) is 0 Å². The van der Waals surface area contributed by atoms with Crippen LogP contribution in [0.4, 0.5) is 11.4 Å². The fraction of sp³-hybridized carbons (Fsp3) is 0.483. The molecule has 2 heterocycles. The topological polar surface area (TPSA) is 35.6 Å². The van der Waals surface area contributed by atoms with Crippen molar-refractivity contribution in [1.82, 2.24) is 4.90 Å². The van der Waals surface area contributed by atoms with Crippen molar-refractivity contribution in [1.29, 1.82) is 0 Å². The summed E-state index contributed by atoms with van der Waals surface area (Å²) < 4.78 is 0. The predicted octanol–water partition coefficient (Wildman–Crippen LogP) is 6.38. The Balaban J connectivity index is 1.48. The molecule has 33 heavy (non-hydrogen) atoms. The fourth-order valence-corrected chi connectivity index (χ4v) is 6.06. The van der Waals surface area contributed by atoms with Gasteiger partial charge in [0.05, 0.1) is 17.3 Å². The molecule has 4 heteroatoms. The number of carbonyl (C=O) groups excluding carboxylic acids is 1. The van der Waals surface area contributed by atoms with Gasteiger partial charge in [0.25, 0.3) is 5.91 Å². The maximum absolute atomic E-state index is 13.6. The SMILES string of the molecule is CCN(CC)c1ccc(C2Nc3c(C(=O)N4CCCCCC4)cccc3C3C=CCC32)cc1. The lowest BCUT2D eigenvalue weighted by Crippen LogP contribution is -2.35. The van der Waals surface area contributed by atoms with Gasteiger partial charge in [-0.2, -0.15) is 0 Å². The molecule has 5 rings (SSSR count). The number of fused-ring (bicyclic) bond motifs is 3. The summed E-state index contributed by atoms with van der Waals surface area (Å²) in [5.41, 5.74) is 5.77. The highest BCUT2D eigenvalue weighted by Crippen LogP contribution is 2.50. The molecular formula is C29H37N3O. The number of benzene rings is 2. The number of likely N-dealkylation sites (tertiary alicyclic amines) is 1. The largest absolute Gasteiger partial charge is 0.377 e. The molecule has 1 amide bonds. The first-order chi connectivity index (χ1) is 16.2. The lowest BCUT2D eigenvalue weighted by molar-refractivity contribution is 0.0762. The van der Waals surface area contributed by atoms with E-state index in [0.29, 0.717) is 11.8 Å². The van der Waals surface area contributed by atoms with Gasteiger partial charge >= 0.3 is 0 Å². The fourth-order valence-electron chi connectivity index (χ4n) is 6.06. The highest BCUT2D eigenvalue weighted by atomic mass is 16.2. The molecule has 3 unspecified atom stereocenters. The second-order valence-corrected chi connectivity index (χ2v) is 9.72. The standard InChI is InChI=1S/C29H37N3O/c1-3-31(4-2)22-17-15-21(16-18-22)27-24-12-9-11-23(24)25-13-10-14-26(28(25)30-27)29(33)32-19-7-5-6-8-20-32/h9-11,13-18,23-24,27,30H,3-8,12,19-20H2,1-2H3. The number of hydrogen-bond donors (Lipinski definition) is 1. The van der Waals surface area contributed by atoms with E-state index in [9.17, 15) is 4.79 Å². The van der Waals surface area contributed by atoms with Crippen molar-refractivity contribution in [2.75, 3.05) is 36.4 Å². The van der Waals surface area contributed by atoms with Gasteiger partial charge in [0.15, 0.2) is 0 Å². The van der Waals surface area contributed by atoms with Gasteiger partial charge in [-0.3, -0.25) is 4.79 Å². The average molecular weight is 444 g/mol. The number of para-hydroxylation sites is 1. The molecule has 2 aromatic carbocycles. The molecule has 0 aromatic heterocycles. The van der Waals surface area contributed by atoms with E-state index in [4.69, 9.17) is 0 Å². The van der Waals surface area contributed by atoms with Crippen LogP contribution in [0, 0.1) is 5.92 Å². The van der Waals surface area contributed by atoms with E-state index >= 15 is 0 Å². The molecule has 3 aliphatic rings. The quantitative estimate of drug-likeness (QED) is 0.545. The maximum Gasteiger partial charge on any atom is 0.255 e. The molecule has 174 valence electrons. The average Bonchev–Trinajstić information content (AvgIpc) is 3.19. The summed E-state index contributed by atoms with van der Waals surface area (Å²) in [6.07, 6.45) is 10.5. The van der Waals surface area contributed by atoms with Crippen LogP contribution in [0.1, 0.15) is 79.4 Å². The number of hydrogen-bond acceptors (Lipinski definition) is 3. The number of nitrogens with one attached hydrogen (secondary N) is 1. The molecule has 0 saturated carbocycles. The van der Waals surface area contributed by atoms with Crippen molar-refractivity contribution in [2.24, 2.45) is 5.92 Å². The smallest absolute Gasteiger partial charge is 0.255 e. The van der Waals surface area contributed by atoms with Crippen LogP contribution in [0.2, 0.25) is 0 Å². The molecule has 1 N–H and O–H groups in total. The van der Waals surface area contributed by atoms with Crippen molar-refractivity contribution in [3.8, 4) is 0 Å². The molecule has 0 bridgehead atoms. The van der Waals surface area contributed by atoms with Gasteiger partial charge in [-0.1, -0.05) is 49.3 Å². The number of amides is 1. The van der Waals surface area contributed by atoms with Gasteiger partial charge in [0, 0.05) is 37.8 Å². The van der Waals surface area contributed by atoms with Gasteiger partial charge < -0.3 is 15.1 Å². The predicted molar refractivity (Wildman–Crippen MR) is 137 cm³/mol. The monoisotopic (exact) mass is 443 g/mol. The summed E-state index contributed by atoms with van der Waals surface area (Å²) in [6, 6.07) is 15.6. The Morgan fingerprint density at radius 3 is 2.42 bits per heavy atom. The van der Waals surface area contributed by atoms with Crippen molar-refractivity contribution >= 4 is 17.3 Å². The van der Waals surface area contributed by atoms with Crippen LogP contribution in [0.3, 0.4) is 0 Å². The number of carbonyl (C=O) groups is 1. The van der Waals surface area contributed by atoms with E-state index in [1.165, 1.54) is 29.7 Å². The minimum atomic E-state index is 0.192. The Morgan fingerprint density at radius 1 is 1.00 bits per heavy atom. The van der Waals surface area contributed by atoms with Gasteiger partial charge in [-0.15, -0.1) is 0 Å². The second kappa shape index (κ2) is 9.62. The summed E-state index contributed by atoms with van der Waals surface area (Å²) in [7, 11) is 0. The van der Waals surface area contributed by atoms with E-state index in [1.807, 2.05) is 6.07 Å². The minimum absolute atomic E-state index is 0.192. The van der Waals surface area contributed by atoms with E-state index in [0.717, 1.165) is 56.7 Å². The van der Waals surface area contributed by atoms with Crippen molar-refractivity contribution < 1.29 is 4.79 Å². The first kappa shape index (κ1) is 22.1. The number of anilines is 2. The number of rotatable bonds is 5. The summed E-state index contributed by atoms with van der Waals surface area (Å²) in [4.78, 5) is 18.1. The van der Waals surface area contributed by atoms with Crippen molar-refractivity contribution in [2.45, 2.75) is 57.9 Å². The Kier molecular flexibility index (Phi) is 6.43.